The van der Waals surface area contributed by atoms with Crippen LogP contribution in [0.1, 0.15) is 22.3 Å². The van der Waals surface area contributed by atoms with Gasteiger partial charge < -0.3 is 4.74 Å². The third-order valence-corrected chi connectivity index (χ3v) is 2.37. The van der Waals surface area contributed by atoms with Gasteiger partial charge in [-0.2, -0.15) is 12.6 Å². The number of carbonyl (C=O) groups is 1. The average Bonchev–Trinajstić information content (AvgIpc) is 2.39. The molecule has 0 aliphatic rings. The number of nitro benzene ring substituents is 1. The van der Waals surface area contributed by atoms with Gasteiger partial charge in [0.25, 0.3) is 5.69 Å². The van der Waals surface area contributed by atoms with E-state index >= 15 is 0 Å². The number of nitrogens with zero attached hydrogens (tertiary/aromatic N) is 1. The maximum atomic E-state index is 13.7. The van der Waals surface area contributed by atoms with Gasteiger partial charge in [-0.25, -0.2) is 9.18 Å². The summed E-state index contributed by atoms with van der Waals surface area (Å²) >= 11 is 3.94. The molecule has 0 saturated carbocycles. The van der Waals surface area contributed by atoms with E-state index in [0.717, 1.165) is 19.2 Å². The van der Waals surface area contributed by atoms with E-state index in [9.17, 15) is 19.3 Å². The molecule has 0 aliphatic heterocycles. The quantitative estimate of drug-likeness (QED) is 0.303. The van der Waals surface area contributed by atoms with Crippen molar-refractivity contribution in [3.05, 3.63) is 39.2 Å². The zero-order valence-corrected chi connectivity index (χ0v) is 10.9. The number of esters is 1. The van der Waals surface area contributed by atoms with Crippen LogP contribution in [0.25, 0.3) is 0 Å². The van der Waals surface area contributed by atoms with Crippen LogP contribution in [0.15, 0.2) is 12.1 Å². The molecular weight excluding hydrogens is 273 g/mol. The Morgan fingerprint density at radius 3 is 2.79 bits per heavy atom. The number of methoxy groups -OCH3 is 1. The van der Waals surface area contributed by atoms with Gasteiger partial charge >= 0.3 is 5.97 Å². The topological polar surface area (TPSA) is 69.4 Å². The number of nitro groups is 1. The minimum atomic E-state index is -0.972. The van der Waals surface area contributed by atoms with E-state index in [4.69, 9.17) is 0 Å². The highest BCUT2D eigenvalue weighted by Gasteiger charge is 2.23. The summed E-state index contributed by atoms with van der Waals surface area (Å²) in [6.07, 6.45) is 0.426. The predicted molar refractivity (Wildman–Crippen MR) is 69.7 cm³/mol. The van der Waals surface area contributed by atoms with Crippen molar-refractivity contribution < 1.29 is 18.8 Å². The molecular formula is C12H10FNO4S. The first-order valence-corrected chi connectivity index (χ1v) is 5.80. The molecule has 100 valence electrons. The van der Waals surface area contributed by atoms with Gasteiger partial charge in [-0.3, -0.25) is 10.1 Å². The van der Waals surface area contributed by atoms with E-state index in [0.29, 0.717) is 12.2 Å². The van der Waals surface area contributed by atoms with Crippen LogP contribution in [-0.4, -0.2) is 23.8 Å². The van der Waals surface area contributed by atoms with Gasteiger partial charge in [-0.05, 0) is 6.07 Å². The molecule has 0 radical (unpaired) electrons. The van der Waals surface area contributed by atoms with E-state index in [1.807, 2.05) is 0 Å². The first-order chi connectivity index (χ1) is 9.01. The Morgan fingerprint density at radius 2 is 2.26 bits per heavy atom. The fraction of sp³-hybridized carbons (Fsp3) is 0.250. The van der Waals surface area contributed by atoms with Crippen LogP contribution in [0.2, 0.25) is 0 Å². The lowest BCUT2D eigenvalue weighted by Crippen LogP contribution is -2.07. The predicted octanol–water partition coefficient (Wildman–Crippen LogP) is 2.19. The van der Waals surface area contributed by atoms with Crippen molar-refractivity contribution in [2.45, 2.75) is 6.42 Å². The van der Waals surface area contributed by atoms with Crippen LogP contribution in [-0.2, 0) is 4.74 Å². The van der Waals surface area contributed by atoms with Gasteiger partial charge in [0.15, 0.2) is 0 Å². The third kappa shape index (κ3) is 3.69. The molecule has 5 nitrogen and oxygen atoms in total. The van der Waals surface area contributed by atoms with Crippen LogP contribution in [0.5, 0.6) is 0 Å². The second-order valence-electron chi connectivity index (χ2n) is 3.37. The van der Waals surface area contributed by atoms with Crippen LogP contribution in [0, 0.1) is 27.8 Å². The lowest BCUT2D eigenvalue weighted by Gasteiger charge is -2.02. The molecule has 0 aliphatic carbocycles. The molecule has 0 amide bonds. The normalized spacial score (nSPS) is 9.42. The molecule has 1 rings (SSSR count). The van der Waals surface area contributed by atoms with Crippen molar-refractivity contribution in [2.75, 3.05) is 12.9 Å². The number of carbonyl (C=O) groups excluding carboxylic acids is 1. The van der Waals surface area contributed by atoms with Gasteiger partial charge in [0.05, 0.1) is 17.6 Å². The number of hydrogen-bond acceptors (Lipinski definition) is 5. The molecule has 7 heteroatoms. The number of halogens is 1. The molecule has 0 saturated heterocycles. The van der Waals surface area contributed by atoms with E-state index in [-0.39, 0.29) is 5.56 Å². The van der Waals surface area contributed by atoms with Crippen molar-refractivity contribution in [1.82, 2.24) is 0 Å². The van der Waals surface area contributed by atoms with Gasteiger partial charge in [0.1, 0.15) is 11.4 Å². The summed E-state index contributed by atoms with van der Waals surface area (Å²) in [6, 6.07) is 1.68. The number of rotatable bonds is 3. The van der Waals surface area contributed by atoms with Gasteiger partial charge in [0, 0.05) is 18.2 Å². The molecule has 0 heterocycles. The van der Waals surface area contributed by atoms with E-state index in [1.165, 1.54) is 0 Å². The minimum Gasteiger partial charge on any atom is -0.465 e. The maximum absolute atomic E-state index is 13.7. The fourth-order valence-corrected chi connectivity index (χ4v) is 1.41. The van der Waals surface area contributed by atoms with E-state index in [2.05, 4.69) is 29.2 Å². The summed E-state index contributed by atoms with van der Waals surface area (Å²) in [5.41, 5.74) is -1.12. The molecule has 1 aromatic carbocycles. The number of benzene rings is 1. The Balaban J connectivity index is 3.34. The van der Waals surface area contributed by atoms with Crippen LogP contribution in [0.3, 0.4) is 0 Å². The first-order valence-electron chi connectivity index (χ1n) is 5.17. The lowest BCUT2D eigenvalue weighted by atomic mass is 10.1. The molecule has 0 N–H and O–H groups in total. The smallest absolute Gasteiger partial charge is 0.344 e. The van der Waals surface area contributed by atoms with Crippen LogP contribution in [0.4, 0.5) is 10.1 Å². The summed E-state index contributed by atoms with van der Waals surface area (Å²) in [5, 5.41) is 10.9. The number of hydrogen-bond donors (Lipinski definition) is 1. The molecule has 0 unspecified atom stereocenters. The number of ether oxygens (including phenoxy) is 1. The Morgan fingerprint density at radius 1 is 1.58 bits per heavy atom. The van der Waals surface area contributed by atoms with Crippen molar-refractivity contribution in [3.63, 3.8) is 0 Å². The molecule has 19 heavy (non-hydrogen) atoms. The van der Waals surface area contributed by atoms with Gasteiger partial charge in [-0.15, -0.1) is 0 Å². The minimum absolute atomic E-state index is 0.138. The van der Waals surface area contributed by atoms with E-state index < -0.39 is 28.0 Å². The summed E-state index contributed by atoms with van der Waals surface area (Å²) in [7, 11) is 1.06. The Bertz CT molecular complexity index is 577. The van der Waals surface area contributed by atoms with Crippen molar-refractivity contribution in [3.8, 4) is 11.8 Å². The van der Waals surface area contributed by atoms with E-state index in [1.54, 1.807) is 0 Å². The Labute approximate surface area is 114 Å². The van der Waals surface area contributed by atoms with Gasteiger partial charge in [-0.1, -0.05) is 11.8 Å². The molecule has 0 fully saturated rings. The fourth-order valence-electron chi connectivity index (χ4n) is 1.30. The Hall–Kier alpha value is -2.07. The maximum Gasteiger partial charge on any atom is 0.344 e. The SMILES string of the molecule is COC(=O)c1cc(F)c(C#CCCS)cc1[N+](=O)[O-]. The summed E-state index contributed by atoms with van der Waals surface area (Å²) in [4.78, 5) is 21.4. The monoisotopic (exact) mass is 283 g/mol. The molecule has 1 aromatic rings. The highest BCUT2D eigenvalue weighted by molar-refractivity contribution is 7.80. The second kappa shape index (κ2) is 6.75. The average molecular weight is 283 g/mol. The third-order valence-electron chi connectivity index (χ3n) is 2.15. The van der Waals surface area contributed by atoms with Gasteiger partial charge in [0.2, 0.25) is 0 Å². The second-order valence-corrected chi connectivity index (χ2v) is 3.82. The summed E-state index contributed by atoms with van der Waals surface area (Å²) < 4.78 is 18.0. The molecule has 0 atom stereocenters. The van der Waals surface area contributed by atoms with Crippen molar-refractivity contribution >= 4 is 24.3 Å². The highest BCUT2D eigenvalue weighted by atomic mass is 32.1. The standard InChI is InChI=1S/C12H10FNO4S/c1-18-12(15)9-7-10(13)8(4-2-3-5-19)6-11(9)14(16)17/h6-7,19H,3,5H2,1H3. The summed E-state index contributed by atoms with van der Waals surface area (Å²) in [5.74, 6) is 3.80. The van der Waals surface area contributed by atoms with Crippen LogP contribution < -0.4 is 0 Å². The molecule has 0 spiro atoms. The number of thiol groups is 1. The zero-order valence-electron chi connectivity index (χ0n) is 9.97. The van der Waals surface area contributed by atoms with Crippen molar-refractivity contribution in [1.29, 1.82) is 0 Å². The Kier molecular flexibility index (Phi) is 5.33. The summed E-state index contributed by atoms with van der Waals surface area (Å²) in [6.45, 7) is 0. The van der Waals surface area contributed by atoms with Crippen molar-refractivity contribution in [2.24, 2.45) is 0 Å². The zero-order chi connectivity index (χ0) is 14.4. The lowest BCUT2D eigenvalue weighted by molar-refractivity contribution is -0.385. The first kappa shape index (κ1) is 15.0. The molecule has 0 bridgehead atoms. The van der Waals surface area contributed by atoms with Crippen LogP contribution >= 0.6 is 12.6 Å². The highest BCUT2D eigenvalue weighted by Crippen LogP contribution is 2.23. The molecule has 0 aromatic heterocycles. The largest absolute Gasteiger partial charge is 0.465 e.